The van der Waals surface area contributed by atoms with E-state index in [2.05, 4.69) is 4.90 Å². The van der Waals surface area contributed by atoms with Crippen LogP contribution in [0.3, 0.4) is 0 Å². The third-order valence-corrected chi connectivity index (χ3v) is 5.14. The number of ether oxygens (including phenoxy) is 2. The van der Waals surface area contributed by atoms with E-state index < -0.39 is 0 Å². The van der Waals surface area contributed by atoms with E-state index in [0.717, 1.165) is 11.3 Å². The van der Waals surface area contributed by atoms with Crippen molar-refractivity contribution in [1.29, 1.82) is 0 Å². The lowest BCUT2D eigenvalue weighted by molar-refractivity contribution is -0.385. The molecule has 0 saturated carbocycles. The molecule has 1 saturated heterocycles. The average Bonchev–Trinajstić information content (AvgIpc) is 2.79. The smallest absolute Gasteiger partial charge is 0.272 e. The Bertz CT molecular complexity index is 886. The van der Waals surface area contributed by atoms with Crippen LogP contribution in [0.1, 0.15) is 25.0 Å². The van der Waals surface area contributed by atoms with Crippen molar-refractivity contribution in [3.63, 3.8) is 0 Å². The number of piperazine rings is 1. The van der Waals surface area contributed by atoms with E-state index in [0.29, 0.717) is 43.2 Å². The van der Waals surface area contributed by atoms with Gasteiger partial charge >= 0.3 is 0 Å². The first-order valence-corrected chi connectivity index (χ1v) is 10.4. The van der Waals surface area contributed by atoms with Crippen molar-refractivity contribution >= 4 is 17.3 Å². The van der Waals surface area contributed by atoms with E-state index in [1.807, 2.05) is 36.9 Å². The Hall–Kier alpha value is -3.29. The monoisotopic (exact) mass is 429 g/mol. The molecule has 1 heterocycles. The van der Waals surface area contributed by atoms with Gasteiger partial charge < -0.3 is 19.3 Å². The lowest BCUT2D eigenvalue weighted by Gasteiger charge is -2.36. The maximum Gasteiger partial charge on any atom is 0.272 e. The molecule has 0 spiro atoms. The summed E-state index contributed by atoms with van der Waals surface area (Å²) < 4.78 is 10.5. The molecular weight excluding hydrogens is 398 g/mol. The number of methoxy groups -OCH3 is 2. The fourth-order valence-electron chi connectivity index (χ4n) is 3.51. The Labute approximate surface area is 183 Å². The second kappa shape index (κ2) is 11.2. The minimum Gasteiger partial charge on any atom is -0.497 e. The van der Waals surface area contributed by atoms with Gasteiger partial charge in [-0.15, -0.1) is 0 Å². The maximum atomic E-state index is 12.7. The molecule has 0 unspecified atom stereocenters. The van der Waals surface area contributed by atoms with Crippen LogP contribution in [0.25, 0.3) is 0 Å². The largest absolute Gasteiger partial charge is 0.497 e. The maximum absolute atomic E-state index is 12.7. The SMILES string of the molecule is CC.COc1cc(CC(=O)N2CCN(c3ccc([N+](=O)[O-])c(C)c3)CC2)cc(OC)c1. The highest BCUT2D eigenvalue weighted by Crippen LogP contribution is 2.26. The molecule has 31 heavy (non-hydrogen) atoms. The first-order chi connectivity index (χ1) is 14.9. The number of nitro groups is 1. The molecular formula is C23H31N3O5. The van der Waals surface area contributed by atoms with Gasteiger partial charge in [0, 0.05) is 49.6 Å². The molecule has 168 valence electrons. The molecule has 0 aliphatic carbocycles. The van der Waals surface area contributed by atoms with Crippen LogP contribution in [0.5, 0.6) is 11.5 Å². The molecule has 1 amide bonds. The lowest BCUT2D eigenvalue weighted by atomic mass is 10.1. The zero-order chi connectivity index (χ0) is 23.0. The van der Waals surface area contributed by atoms with Gasteiger partial charge in [-0.3, -0.25) is 14.9 Å². The van der Waals surface area contributed by atoms with Crippen LogP contribution in [0.2, 0.25) is 0 Å². The standard InChI is InChI=1S/C21H25N3O5.C2H6/c1-15-10-17(4-5-20(15)24(26)27)22-6-8-23(9-7-22)21(25)13-16-11-18(28-2)14-19(12-16)29-3;1-2/h4-5,10-12,14H,6-9,13H2,1-3H3;1-2H3. The molecule has 0 atom stereocenters. The van der Waals surface area contributed by atoms with E-state index in [4.69, 9.17) is 9.47 Å². The van der Waals surface area contributed by atoms with Crippen molar-refractivity contribution < 1.29 is 19.2 Å². The van der Waals surface area contributed by atoms with Gasteiger partial charge in [-0.05, 0) is 36.8 Å². The number of benzene rings is 2. The van der Waals surface area contributed by atoms with Crippen LogP contribution >= 0.6 is 0 Å². The van der Waals surface area contributed by atoms with E-state index in [-0.39, 0.29) is 22.9 Å². The molecule has 0 radical (unpaired) electrons. The predicted molar refractivity (Wildman–Crippen MR) is 121 cm³/mol. The van der Waals surface area contributed by atoms with Gasteiger partial charge in [0.05, 0.1) is 25.6 Å². The van der Waals surface area contributed by atoms with E-state index in [1.54, 1.807) is 39.3 Å². The summed E-state index contributed by atoms with van der Waals surface area (Å²) in [5.74, 6) is 1.37. The van der Waals surface area contributed by atoms with Gasteiger partial charge in [0.25, 0.3) is 5.69 Å². The Morgan fingerprint density at radius 1 is 1.00 bits per heavy atom. The minimum absolute atomic E-state index is 0.0554. The highest BCUT2D eigenvalue weighted by Gasteiger charge is 2.23. The van der Waals surface area contributed by atoms with Gasteiger partial charge in [0.15, 0.2) is 0 Å². The number of rotatable bonds is 6. The molecule has 0 aromatic heterocycles. The Morgan fingerprint density at radius 2 is 1.58 bits per heavy atom. The zero-order valence-electron chi connectivity index (χ0n) is 18.9. The highest BCUT2D eigenvalue weighted by atomic mass is 16.6. The fourth-order valence-corrected chi connectivity index (χ4v) is 3.51. The quantitative estimate of drug-likeness (QED) is 0.512. The molecule has 8 nitrogen and oxygen atoms in total. The minimum atomic E-state index is -0.372. The van der Waals surface area contributed by atoms with Gasteiger partial charge in [-0.1, -0.05) is 13.8 Å². The summed E-state index contributed by atoms with van der Waals surface area (Å²) in [5.41, 5.74) is 2.55. The van der Waals surface area contributed by atoms with Crippen molar-refractivity contribution in [2.24, 2.45) is 0 Å². The molecule has 2 aromatic carbocycles. The number of carbonyl (C=O) groups excluding carboxylic acids is 1. The predicted octanol–water partition coefficient (Wildman–Crippen LogP) is 3.84. The normalized spacial score (nSPS) is 13.2. The molecule has 3 rings (SSSR count). The summed E-state index contributed by atoms with van der Waals surface area (Å²) in [4.78, 5) is 27.3. The lowest BCUT2D eigenvalue weighted by Crippen LogP contribution is -2.49. The van der Waals surface area contributed by atoms with Crippen LogP contribution in [0.15, 0.2) is 36.4 Å². The van der Waals surface area contributed by atoms with Gasteiger partial charge in [-0.2, -0.15) is 0 Å². The number of nitrogens with zero attached hydrogens (tertiary/aromatic N) is 3. The first-order valence-electron chi connectivity index (χ1n) is 10.4. The molecule has 1 aliphatic rings. The van der Waals surface area contributed by atoms with Crippen LogP contribution in [0, 0.1) is 17.0 Å². The summed E-state index contributed by atoms with van der Waals surface area (Å²) in [5, 5.41) is 11.0. The van der Waals surface area contributed by atoms with Crippen molar-refractivity contribution in [3.8, 4) is 11.5 Å². The molecule has 1 aliphatic heterocycles. The summed E-state index contributed by atoms with van der Waals surface area (Å²) >= 11 is 0. The van der Waals surface area contributed by atoms with Crippen LogP contribution in [-0.2, 0) is 11.2 Å². The second-order valence-electron chi connectivity index (χ2n) is 6.99. The average molecular weight is 430 g/mol. The van der Waals surface area contributed by atoms with Gasteiger partial charge in [-0.25, -0.2) is 0 Å². The van der Waals surface area contributed by atoms with E-state index in [9.17, 15) is 14.9 Å². The second-order valence-corrected chi connectivity index (χ2v) is 6.99. The Balaban J connectivity index is 0.00000166. The first kappa shape index (κ1) is 24.0. The van der Waals surface area contributed by atoms with Crippen LogP contribution < -0.4 is 14.4 Å². The molecule has 8 heteroatoms. The number of aryl methyl sites for hydroxylation is 1. The molecule has 2 aromatic rings. The number of anilines is 1. The van der Waals surface area contributed by atoms with E-state index in [1.165, 1.54) is 0 Å². The van der Waals surface area contributed by atoms with Gasteiger partial charge in [0.2, 0.25) is 5.91 Å². The van der Waals surface area contributed by atoms with Gasteiger partial charge in [0.1, 0.15) is 11.5 Å². The number of hydrogen-bond donors (Lipinski definition) is 0. The van der Waals surface area contributed by atoms with Crippen LogP contribution in [-0.4, -0.2) is 56.1 Å². The third kappa shape index (κ3) is 6.10. The van der Waals surface area contributed by atoms with Crippen molar-refractivity contribution in [2.75, 3.05) is 45.3 Å². The number of nitro benzene ring substituents is 1. The summed E-state index contributed by atoms with van der Waals surface area (Å²) in [7, 11) is 3.17. The van der Waals surface area contributed by atoms with Crippen LogP contribution in [0.4, 0.5) is 11.4 Å². The molecule has 0 N–H and O–H groups in total. The zero-order valence-corrected chi connectivity index (χ0v) is 18.9. The molecule has 0 bridgehead atoms. The van der Waals surface area contributed by atoms with Crippen molar-refractivity contribution in [1.82, 2.24) is 4.90 Å². The summed E-state index contributed by atoms with van der Waals surface area (Å²) in [6, 6.07) is 10.6. The van der Waals surface area contributed by atoms with E-state index >= 15 is 0 Å². The van der Waals surface area contributed by atoms with Crippen molar-refractivity contribution in [3.05, 3.63) is 57.6 Å². The third-order valence-electron chi connectivity index (χ3n) is 5.14. The summed E-state index contributed by atoms with van der Waals surface area (Å²) in [6.45, 7) is 8.32. The number of hydrogen-bond acceptors (Lipinski definition) is 6. The number of amides is 1. The molecule has 1 fully saturated rings. The summed E-state index contributed by atoms with van der Waals surface area (Å²) in [6.07, 6.45) is 0.282. The Morgan fingerprint density at radius 3 is 2.06 bits per heavy atom. The number of carbonyl (C=O) groups is 1. The van der Waals surface area contributed by atoms with Crippen molar-refractivity contribution in [2.45, 2.75) is 27.2 Å². The topological polar surface area (TPSA) is 85.2 Å². The fraction of sp³-hybridized carbons (Fsp3) is 0.435. The Kier molecular flexibility index (Phi) is 8.66. The highest BCUT2D eigenvalue weighted by molar-refractivity contribution is 5.79.